The molecule has 9 nitrogen and oxygen atoms in total. The highest BCUT2D eigenvalue weighted by Gasteiger charge is 2.24. The molecule has 1 aromatic heterocycles. The van der Waals surface area contributed by atoms with Gasteiger partial charge < -0.3 is 0 Å². The van der Waals surface area contributed by atoms with E-state index in [2.05, 4.69) is 0 Å². The molecule has 1 heterocycles. The Kier molecular flexibility index (Phi) is 4.73. The average Bonchev–Trinajstić information content (AvgIpc) is 3.04. The number of benzene rings is 2. The van der Waals surface area contributed by atoms with Crippen LogP contribution in [0.15, 0.2) is 64.5 Å². The minimum absolute atomic E-state index is 0.101. The van der Waals surface area contributed by atoms with E-state index in [9.17, 15) is 28.1 Å². The van der Waals surface area contributed by atoms with Gasteiger partial charge in [0.1, 0.15) is 0 Å². The molecule has 3 aromatic rings. The number of aryl methyl sites for hydroxylation is 2. The largest absolute Gasteiger partial charge is 0.349 e. The number of carbonyl (C=O) groups is 1. The number of hydrogen-bond donors (Lipinski definition) is 0. The summed E-state index contributed by atoms with van der Waals surface area (Å²) in [5, 5.41) is 11.1. The first-order chi connectivity index (χ1) is 13.1. The number of nitrogens with zero attached hydrogens (tertiary/aromatic N) is 3. The van der Waals surface area contributed by atoms with Crippen molar-refractivity contribution in [3.63, 3.8) is 0 Å². The summed E-state index contributed by atoms with van der Waals surface area (Å²) in [4.78, 5) is 35.5. The number of rotatable bonds is 4. The van der Waals surface area contributed by atoms with Crippen LogP contribution in [0.3, 0.4) is 0 Å². The molecule has 0 saturated heterocycles. The van der Waals surface area contributed by atoms with Crippen LogP contribution in [-0.4, -0.2) is 27.8 Å². The lowest BCUT2D eigenvalue weighted by atomic mass is 10.1. The van der Waals surface area contributed by atoms with Crippen molar-refractivity contribution in [2.75, 3.05) is 0 Å². The van der Waals surface area contributed by atoms with E-state index in [0.29, 0.717) is 14.1 Å². The van der Waals surface area contributed by atoms with Gasteiger partial charge in [0.15, 0.2) is 0 Å². The molecule has 0 amide bonds. The molecule has 144 valence electrons. The highest BCUT2D eigenvalue weighted by Crippen LogP contribution is 2.20. The number of imidazole rings is 1. The molecule has 3 rings (SSSR count). The zero-order chi connectivity index (χ0) is 20.6. The first kappa shape index (κ1) is 19.2. The number of aromatic nitrogens is 2. The summed E-state index contributed by atoms with van der Waals surface area (Å²) in [7, 11) is -4.19. The van der Waals surface area contributed by atoms with E-state index >= 15 is 0 Å². The van der Waals surface area contributed by atoms with Gasteiger partial charge in [-0.3, -0.25) is 14.9 Å². The van der Waals surface area contributed by atoms with Crippen molar-refractivity contribution in [2.45, 2.75) is 18.7 Å². The molecule has 0 aliphatic rings. The third-order valence-corrected chi connectivity index (χ3v) is 5.86. The van der Waals surface area contributed by atoms with Gasteiger partial charge >= 0.3 is 5.69 Å². The Morgan fingerprint density at radius 1 is 1.04 bits per heavy atom. The first-order valence-corrected chi connectivity index (χ1v) is 9.49. The van der Waals surface area contributed by atoms with Gasteiger partial charge in [-0.05, 0) is 32.0 Å². The van der Waals surface area contributed by atoms with E-state index in [0.717, 1.165) is 24.0 Å². The molecule has 0 atom stereocenters. The number of nitro groups is 1. The summed E-state index contributed by atoms with van der Waals surface area (Å²) >= 11 is 0. The highest BCUT2D eigenvalue weighted by molar-refractivity contribution is 7.90. The first-order valence-electron chi connectivity index (χ1n) is 8.05. The molecule has 0 saturated carbocycles. The smallest absolute Gasteiger partial charge is 0.268 e. The second-order valence-electron chi connectivity index (χ2n) is 6.13. The molecular weight excluding hydrogens is 386 g/mol. The molecule has 0 unspecified atom stereocenters. The minimum Gasteiger partial charge on any atom is -0.268 e. The summed E-state index contributed by atoms with van der Waals surface area (Å²) in [5.74, 6) is -0.869. The lowest BCUT2D eigenvalue weighted by Crippen LogP contribution is -2.32. The molecule has 0 spiro atoms. The minimum atomic E-state index is -4.19. The van der Waals surface area contributed by atoms with Crippen molar-refractivity contribution >= 4 is 21.6 Å². The van der Waals surface area contributed by atoms with Gasteiger partial charge in [0.05, 0.1) is 9.82 Å². The van der Waals surface area contributed by atoms with E-state index in [1.807, 2.05) is 0 Å². The summed E-state index contributed by atoms with van der Waals surface area (Å²) in [5.41, 5.74) is -0.266. The van der Waals surface area contributed by atoms with Crippen LogP contribution in [0.1, 0.15) is 21.5 Å². The van der Waals surface area contributed by atoms with E-state index in [1.165, 1.54) is 31.2 Å². The Labute approximate surface area is 159 Å². The number of hydrogen-bond acceptors (Lipinski definition) is 6. The van der Waals surface area contributed by atoms with Crippen molar-refractivity contribution in [3.8, 4) is 0 Å². The fourth-order valence-electron chi connectivity index (χ4n) is 2.60. The fourth-order valence-corrected chi connectivity index (χ4v) is 3.82. The lowest BCUT2D eigenvalue weighted by Gasteiger charge is -2.05. The van der Waals surface area contributed by atoms with Crippen LogP contribution in [0.4, 0.5) is 5.69 Å². The zero-order valence-corrected chi connectivity index (χ0v) is 15.7. The lowest BCUT2D eigenvalue weighted by molar-refractivity contribution is -0.385. The van der Waals surface area contributed by atoms with Crippen molar-refractivity contribution < 1.29 is 18.1 Å². The van der Waals surface area contributed by atoms with Gasteiger partial charge in [0, 0.05) is 29.6 Å². The van der Waals surface area contributed by atoms with Gasteiger partial charge in [0.2, 0.25) is 0 Å². The maximum atomic E-state index is 12.7. The quantitative estimate of drug-likeness (QED) is 0.487. The molecule has 0 radical (unpaired) electrons. The molecule has 0 aliphatic heterocycles. The summed E-state index contributed by atoms with van der Waals surface area (Å²) in [6.45, 7) is 3.31. The maximum absolute atomic E-state index is 12.7. The van der Waals surface area contributed by atoms with Crippen LogP contribution in [-0.2, 0) is 10.0 Å². The standard InChI is InChI=1S/C18H15N3O6S/c1-12-3-7-15(8-4-12)28(26,27)20-10-9-19(18(20)23)17(22)14-6-5-13(2)16(11-14)21(24)25/h3-11H,1-2H3. The second kappa shape index (κ2) is 6.89. The van der Waals surface area contributed by atoms with Gasteiger partial charge in [-0.2, -0.15) is 3.97 Å². The number of nitro benzene ring substituents is 1. The molecular formula is C18H15N3O6S. The van der Waals surface area contributed by atoms with Crippen molar-refractivity contribution in [3.05, 3.63) is 92.1 Å². The molecule has 0 aliphatic carbocycles. The Bertz CT molecular complexity index is 1250. The summed E-state index contributed by atoms with van der Waals surface area (Å²) in [6, 6.07) is 9.67. The predicted molar refractivity (Wildman–Crippen MR) is 100 cm³/mol. The van der Waals surface area contributed by atoms with Crippen molar-refractivity contribution in [1.29, 1.82) is 0 Å². The van der Waals surface area contributed by atoms with E-state index in [1.54, 1.807) is 19.1 Å². The monoisotopic (exact) mass is 401 g/mol. The Hall–Kier alpha value is -3.53. The zero-order valence-electron chi connectivity index (χ0n) is 14.9. The van der Waals surface area contributed by atoms with Crippen molar-refractivity contribution in [2.24, 2.45) is 0 Å². The second-order valence-corrected chi connectivity index (χ2v) is 7.94. The maximum Gasteiger partial charge on any atom is 0.349 e. The van der Waals surface area contributed by atoms with E-state index in [4.69, 9.17) is 0 Å². The van der Waals surface area contributed by atoms with Crippen LogP contribution in [0.2, 0.25) is 0 Å². The van der Waals surface area contributed by atoms with E-state index in [-0.39, 0.29) is 16.1 Å². The van der Waals surface area contributed by atoms with E-state index < -0.39 is 26.5 Å². The molecule has 28 heavy (non-hydrogen) atoms. The van der Waals surface area contributed by atoms with Crippen LogP contribution in [0.25, 0.3) is 0 Å². The predicted octanol–water partition coefficient (Wildman–Crippen LogP) is 2.10. The van der Waals surface area contributed by atoms with Gasteiger partial charge in [-0.15, -0.1) is 0 Å². The van der Waals surface area contributed by atoms with Crippen LogP contribution in [0, 0.1) is 24.0 Å². The molecule has 0 bridgehead atoms. The summed E-state index contributed by atoms with van der Waals surface area (Å²) < 4.78 is 26.4. The number of carbonyl (C=O) groups excluding carboxylic acids is 1. The van der Waals surface area contributed by atoms with Crippen molar-refractivity contribution in [1.82, 2.24) is 8.54 Å². The topological polar surface area (TPSA) is 121 Å². The van der Waals surface area contributed by atoms with Gasteiger partial charge in [-0.25, -0.2) is 17.8 Å². The Morgan fingerprint density at radius 3 is 2.29 bits per heavy atom. The normalized spacial score (nSPS) is 11.4. The SMILES string of the molecule is Cc1ccc(S(=O)(=O)n2ccn(C(=O)c3ccc(C)c([N+](=O)[O-])c3)c2=O)cc1. The summed E-state index contributed by atoms with van der Waals surface area (Å²) in [6.07, 6.45) is 1.99. The van der Waals surface area contributed by atoms with Crippen LogP contribution >= 0.6 is 0 Å². The van der Waals surface area contributed by atoms with Crippen LogP contribution in [0.5, 0.6) is 0 Å². The Balaban J connectivity index is 2.05. The average molecular weight is 401 g/mol. The van der Waals surface area contributed by atoms with Crippen LogP contribution < -0.4 is 5.69 Å². The third-order valence-electron chi connectivity index (χ3n) is 4.20. The highest BCUT2D eigenvalue weighted by atomic mass is 32.2. The molecule has 10 heteroatoms. The fraction of sp³-hybridized carbons (Fsp3) is 0.111. The van der Waals surface area contributed by atoms with Gasteiger partial charge in [-0.1, -0.05) is 23.8 Å². The molecule has 0 N–H and O–H groups in total. The third kappa shape index (κ3) is 3.25. The van der Waals surface area contributed by atoms with Gasteiger partial charge in [0.25, 0.3) is 21.6 Å². The Morgan fingerprint density at radius 2 is 1.68 bits per heavy atom. The molecule has 0 fully saturated rings. The molecule has 2 aromatic carbocycles.